The minimum Gasteiger partial charge on any atom is -0.377 e. The lowest BCUT2D eigenvalue weighted by atomic mass is 9.96. The first-order valence-corrected chi connectivity index (χ1v) is 8.15. The van der Waals surface area contributed by atoms with E-state index in [4.69, 9.17) is 4.74 Å². The molecule has 3 heterocycles. The summed E-state index contributed by atoms with van der Waals surface area (Å²) in [5.41, 5.74) is 0.0584. The van der Waals surface area contributed by atoms with Crippen LogP contribution in [-0.2, 0) is 11.3 Å². The third-order valence-corrected chi connectivity index (χ3v) is 4.69. The Morgan fingerprint density at radius 1 is 1.19 bits per heavy atom. The topological polar surface area (TPSA) is 47.4 Å². The van der Waals surface area contributed by atoms with Crippen molar-refractivity contribution in [1.82, 2.24) is 14.5 Å². The molecule has 1 atom stereocenters. The monoisotopic (exact) mass is 291 g/mol. The second kappa shape index (κ2) is 7.18. The number of aromatic nitrogens is 2. The van der Waals surface area contributed by atoms with Crippen molar-refractivity contribution in [2.45, 2.75) is 44.8 Å². The minimum absolute atomic E-state index is 0.0584. The number of piperidine rings is 1. The fraction of sp³-hybridized carbons (Fsp3) is 0.750. The zero-order chi connectivity index (χ0) is 14.5. The molecule has 0 amide bonds. The van der Waals surface area contributed by atoms with Crippen LogP contribution in [0.25, 0.3) is 0 Å². The van der Waals surface area contributed by atoms with Crippen LogP contribution in [0.2, 0.25) is 0 Å². The highest BCUT2D eigenvalue weighted by molar-refractivity contribution is 4.84. The molecule has 5 nitrogen and oxygen atoms in total. The van der Waals surface area contributed by atoms with Gasteiger partial charge >= 0.3 is 0 Å². The lowest BCUT2D eigenvalue weighted by Crippen LogP contribution is -2.41. The fourth-order valence-corrected chi connectivity index (χ4v) is 3.38. The van der Waals surface area contributed by atoms with Crippen LogP contribution in [0.5, 0.6) is 0 Å². The first-order chi connectivity index (χ1) is 10.3. The highest BCUT2D eigenvalue weighted by atomic mass is 16.5. The van der Waals surface area contributed by atoms with E-state index in [1.54, 1.807) is 17.1 Å². The third-order valence-electron chi connectivity index (χ3n) is 4.69. The molecular formula is C16H25N3O2. The molecule has 0 bridgehead atoms. The van der Waals surface area contributed by atoms with E-state index >= 15 is 0 Å². The Hall–Kier alpha value is -1.20. The maximum Gasteiger partial charge on any atom is 0.253 e. The average Bonchev–Trinajstić information content (AvgIpc) is 2.52. The molecule has 1 aromatic heterocycles. The van der Waals surface area contributed by atoms with Crippen LogP contribution in [0.4, 0.5) is 0 Å². The standard InChI is InChI=1S/C16H25N3O2/c20-16-4-7-17-13-19(16)11-14-5-8-18(9-6-14)12-15-3-1-2-10-21-15/h4,7,13-15H,1-3,5-6,8-12H2. The maximum atomic E-state index is 11.7. The SMILES string of the molecule is O=c1ccncn1CC1CCN(CC2CCCCO2)CC1. The van der Waals surface area contributed by atoms with E-state index in [-0.39, 0.29) is 5.56 Å². The van der Waals surface area contributed by atoms with Gasteiger partial charge < -0.3 is 9.64 Å². The Balaban J connectivity index is 1.44. The zero-order valence-corrected chi connectivity index (χ0v) is 12.6. The second-order valence-corrected chi connectivity index (χ2v) is 6.30. The minimum atomic E-state index is 0.0584. The smallest absolute Gasteiger partial charge is 0.253 e. The summed E-state index contributed by atoms with van der Waals surface area (Å²) in [4.78, 5) is 18.3. The predicted molar refractivity (Wildman–Crippen MR) is 81.3 cm³/mol. The number of hydrogen-bond donors (Lipinski definition) is 0. The van der Waals surface area contributed by atoms with Gasteiger partial charge in [-0.05, 0) is 51.1 Å². The average molecular weight is 291 g/mol. The van der Waals surface area contributed by atoms with Gasteiger partial charge in [-0.25, -0.2) is 4.98 Å². The lowest BCUT2D eigenvalue weighted by Gasteiger charge is -2.35. The van der Waals surface area contributed by atoms with E-state index < -0.39 is 0 Å². The van der Waals surface area contributed by atoms with E-state index in [1.807, 2.05) is 0 Å². The molecule has 0 N–H and O–H groups in total. The molecule has 0 aliphatic carbocycles. The van der Waals surface area contributed by atoms with E-state index in [0.29, 0.717) is 12.0 Å². The van der Waals surface area contributed by atoms with Gasteiger partial charge in [0.2, 0.25) is 0 Å². The van der Waals surface area contributed by atoms with Gasteiger partial charge in [-0.3, -0.25) is 9.36 Å². The van der Waals surface area contributed by atoms with Crippen LogP contribution in [-0.4, -0.2) is 46.8 Å². The molecule has 1 aromatic rings. The van der Waals surface area contributed by atoms with E-state index in [0.717, 1.165) is 45.6 Å². The Labute approximate surface area is 125 Å². The van der Waals surface area contributed by atoms with Gasteiger partial charge in [-0.1, -0.05) is 0 Å². The Kier molecular flexibility index (Phi) is 5.04. The van der Waals surface area contributed by atoms with Crippen LogP contribution in [0, 0.1) is 5.92 Å². The number of ether oxygens (including phenoxy) is 1. The zero-order valence-electron chi connectivity index (χ0n) is 12.6. The molecule has 21 heavy (non-hydrogen) atoms. The summed E-state index contributed by atoms with van der Waals surface area (Å²) in [6, 6.07) is 1.54. The quantitative estimate of drug-likeness (QED) is 0.844. The maximum absolute atomic E-state index is 11.7. The number of hydrogen-bond acceptors (Lipinski definition) is 4. The molecule has 0 aromatic carbocycles. The van der Waals surface area contributed by atoms with Gasteiger partial charge in [-0.2, -0.15) is 0 Å². The normalized spacial score (nSPS) is 25.0. The first kappa shape index (κ1) is 14.7. The van der Waals surface area contributed by atoms with Crippen molar-refractivity contribution in [3.8, 4) is 0 Å². The molecule has 0 saturated carbocycles. The summed E-state index contributed by atoms with van der Waals surface area (Å²) < 4.78 is 7.56. The Bertz CT molecular complexity index is 488. The summed E-state index contributed by atoms with van der Waals surface area (Å²) >= 11 is 0. The summed E-state index contributed by atoms with van der Waals surface area (Å²) in [5, 5.41) is 0. The molecular weight excluding hydrogens is 266 g/mol. The fourth-order valence-electron chi connectivity index (χ4n) is 3.38. The van der Waals surface area contributed by atoms with Gasteiger partial charge in [0.1, 0.15) is 0 Å². The van der Waals surface area contributed by atoms with E-state index in [2.05, 4.69) is 9.88 Å². The largest absolute Gasteiger partial charge is 0.377 e. The molecule has 2 aliphatic heterocycles. The second-order valence-electron chi connectivity index (χ2n) is 6.30. The number of rotatable bonds is 4. The molecule has 5 heteroatoms. The van der Waals surface area contributed by atoms with Crippen molar-refractivity contribution < 1.29 is 4.74 Å². The van der Waals surface area contributed by atoms with Crippen molar-refractivity contribution >= 4 is 0 Å². The summed E-state index contributed by atoms with van der Waals surface area (Å²) in [5.74, 6) is 0.593. The summed E-state index contributed by atoms with van der Waals surface area (Å²) in [6.07, 6.45) is 9.73. The number of likely N-dealkylation sites (tertiary alicyclic amines) is 1. The highest BCUT2D eigenvalue weighted by Crippen LogP contribution is 2.21. The molecule has 2 saturated heterocycles. The molecule has 3 rings (SSSR count). The molecule has 0 radical (unpaired) electrons. The van der Waals surface area contributed by atoms with Crippen molar-refractivity contribution in [3.05, 3.63) is 28.9 Å². The first-order valence-electron chi connectivity index (χ1n) is 8.15. The Morgan fingerprint density at radius 2 is 2.05 bits per heavy atom. The Morgan fingerprint density at radius 3 is 2.76 bits per heavy atom. The highest BCUT2D eigenvalue weighted by Gasteiger charge is 2.23. The lowest BCUT2D eigenvalue weighted by molar-refractivity contribution is -0.0117. The van der Waals surface area contributed by atoms with Crippen molar-refractivity contribution in [1.29, 1.82) is 0 Å². The van der Waals surface area contributed by atoms with Crippen LogP contribution in [0.1, 0.15) is 32.1 Å². The van der Waals surface area contributed by atoms with Crippen LogP contribution in [0.15, 0.2) is 23.4 Å². The molecule has 2 aliphatic rings. The molecule has 2 fully saturated rings. The van der Waals surface area contributed by atoms with E-state index in [9.17, 15) is 4.79 Å². The van der Waals surface area contributed by atoms with Gasteiger partial charge in [0.05, 0.1) is 12.4 Å². The summed E-state index contributed by atoms with van der Waals surface area (Å²) in [6.45, 7) is 5.07. The van der Waals surface area contributed by atoms with Crippen LogP contribution >= 0.6 is 0 Å². The molecule has 1 unspecified atom stereocenters. The summed E-state index contributed by atoms with van der Waals surface area (Å²) in [7, 11) is 0. The van der Waals surface area contributed by atoms with Gasteiger partial charge in [-0.15, -0.1) is 0 Å². The van der Waals surface area contributed by atoms with Crippen molar-refractivity contribution in [2.75, 3.05) is 26.2 Å². The van der Waals surface area contributed by atoms with Gasteiger partial charge in [0.25, 0.3) is 5.56 Å². The van der Waals surface area contributed by atoms with E-state index in [1.165, 1.54) is 25.3 Å². The van der Waals surface area contributed by atoms with Crippen molar-refractivity contribution in [3.63, 3.8) is 0 Å². The number of nitrogens with zero attached hydrogens (tertiary/aromatic N) is 3. The van der Waals surface area contributed by atoms with Gasteiger partial charge in [0.15, 0.2) is 0 Å². The molecule has 0 spiro atoms. The van der Waals surface area contributed by atoms with Crippen LogP contribution < -0.4 is 5.56 Å². The third kappa shape index (κ3) is 4.14. The molecule has 116 valence electrons. The van der Waals surface area contributed by atoms with Crippen LogP contribution in [0.3, 0.4) is 0 Å². The van der Waals surface area contributed by atoms with Crippen molar-refractivity contribution in [2.24, 2.45) is 5.92 Å². The van der Waals surface area contributed by atoms with Gasteiger partial charge in [0, 0.05) is 32.0 Å². The predicted octanol–water partition coefficient (Wildman–Crippen LogP) is 1.52.